The monoisotopic (exact) mass is 219 g/mol. The van der Waals surface area contributed by atoms with Crippen molar-refractivity contribution >= 4 is 23.7 Å². The van der Waals surface area contributed by atoms with Crippen LogP contribution in [-0.2, 0) is 9.59 Å². The van der Waals surface area contributed by atoms with Gasteiger partial charge in [-0.25, -0.2) is 0 Å². The summed E-state index contributed by atoms with van der Waals surface area (Å²) in [7, 11) is 0. The Morgan fingerprint density at radius 1 is 1.43 bits per heavy atom. The average molecular weight is 219 g/mol. The lowest BCUT2D eigenvalue weighted by atomic mass is 10.3. The molecule has 1 atom stereocenters. The molecular weight excluding hydrogens is 204 g/mol. The Labute approximate surface area is 87.7 Å². The molecule has 14 heavy (non-hydrogen) atoms. The number of carboxylic acid groups (broad SMARTS) is 2. The molecule has 5 heteroatoms. The summed E-state index contributed by atoms with van der Waals surface area (Å²) in [6.07, 6.45) is 2.63. The summed E-state index contributed by atoms with van der Waals surface area (Å²) in [6.45, 7) is 2.06. The maximum Gasteiger partial charge on any atom is 0.316 e. The quantitative estimate of drug-likeness (QED) is 0.602. The minimum atomic E-state index is -1.31. The number of carboxylic acids is 2. The van der Waals surface area contributed by atoms with Gasteiger partial charge in [-0.05, 0) is 12.2 Å². The van der Waals surface area contributed by atoms with Crippen LogP contribution in [0.15, 0.2) is 0 Å². The van der Waals surface area contributed by atoms with Gasteiger partial charge in [0.2, 0.25) is 0 Å². The van der Waals surface area contributed by atoms with Gasteiger partial charge in [0.15, 0.2) is 0 Å². The van der Waals surface area contributed by atoms with E-state index in [9.17, 15) is 14.7 Å². The lowest BCUT2D eigenvalue weighted by Crippen LogP contribution is -2.30. The first-order chi connectivity index (χ1) is 6.57. The van der Waals surface area contributed by atoms with E-state index in [0.29, 0.717) is 5.75 Å². The third-order valence-electron chi connectivity index (χ3n) is 1.69. The second-order valence-corrected chi connectivity index (χ2v) is 4.29. The first kappa shape index (κ1) is 13.3. The minimum Gasteiger partial charge on any atom is -0.550 e. The van der Waals surface area contributed by atoms with Crippen LogP contribution in [0.4, 0.5) is 0 Å². The molecule has 1 N–H and O–H groups in total. The average Bonchev–Trinajstić information content (AvgIpc) is 2.09. The highest BCUT2D eigenvalue weighted by Gasteiger charge is 2.17. The van der Waals surface area contributed by atoms with E-state index in [1.807, 2.05) is 0 Å². The van der Waals surface area contributed by atoms with Crippen LogP contribution in [0.25, 0.3) is 0 Å². The second-order valence-electron chi connectivity index (χ2n) is 2.98. The van der Waals surface area contributed by atoms with Crippen LogP contribution >= 0.6 is 11.8 Å². The molecule has 0 radical (unpaired) electrons. The van der Waals surface area contributed by atoms with E-state index in [-0.39, 0.29) is 0 Å². The standard InChI is InChI=1S/C9H16O4S/c1-2-3-4-5-14-7(9(12)13)6-8(10)11/h7H,2-6H2,1H3,(H,10,11)(H,12,13)/p-1. The molecule has 0 bridgehead atoms. The molecule has 0 aliphatic carbocycles. The zero-order valence-electron chi connectivity index (χ0n) is 8.19. The molecule has 0 rings (SSSR count). The Morgan fingerprint density at radius 2 is 2.07 bits per heavy atom. The van der Waals surface area contributed by atoms with E-state index < -0.39 is 23.6 Å². The Bertz CT molecular complexity index is 193. The molecule has 0 saturated heterocycles. The number of hydrogen-bond donors (Lipinski definition) is 1. The number of rotatable bonds is 8. The summed E-state index contributed by atoms with van der Waals surface area (Å²) < 4.78 is 0. The van der Waals surface area contributed by atoms with E-state index in [1.54, 1.807) is 0 Å². The van der Waals surface area contributed by atoms with Crippen LogP contribution in [0.3, 0.4) is 0 Å². The Balaban J connectivity index is 3.74. The number of hydrogen-bond acceptors (Lipinski definition) is 4. The summed E-state index contributed by atoms with van der Waals surface area (Å²) in [5, 5.41) is 18.0. The molecule has 0 spiro atoms. The van der Waals surface area contributed by atoms with Gasteiger partial charge >= 0.3 is 5.97 Å². The summed E-state index contributed by atoms with van der Waals surface area (Å²) in [6, 6.07) is 0. The highest BCUT2D eigenvalue weighted by molar-refractivity contribution is 8.00. The molecule has 0 aromatic heterocycles. The van der Waals surface area contributed by atoms with Crippen LogP contribution < -0.4 is 5.11 Å². The van der Waals surface area contributed by atoms with Gasteiger partial charge in [0.05, 0.1) is 0 Å². The molecule has 0 aromatic rings. The molecule has 0 aliphatic rings. The van der Waals surface area contributed by atoms with Crippen molar-refractivity contribution in [1.82, 2.24) is 0 Å². The molecule has 4 nitrogen and oxygen atoms in total. The normalized spacial score (nSPS) is 12.4. The second kappa shape index (κ2) is 7.67. The highest BCUT2D eigenvalue weighted by Crippen LogP contribution is 2.16. The molecule has 1 unspecified atom stereocenters. The zero-order valence-corrected chi connectivity index (χ0v) is 9.01. The van der Waals surface area contributed by atoms with Gasteiger partial charge in [0.1, 0.15) is 5.25 Å². The molecule has 82 valence electrons. The fourth-order valence-electron chi connectivity index (χ4n) is 0.947. The van der Waals surface area contributed by atoms with Gasteiger partial charge in [0, 0.05) is 12.4 Å². The number of unbranched alkanes of at least 4 members (excludes halogenated alkanes) is 2. The maximum atomic E-state index is 10.6. The van der Waals surface area contributed by atoms with Crippen molar-refractivity contribution in [3.05, 3.63) is 0 Å². The van der Waals surface area contributed by atoms with E-state index in [0.717, 1.165) is 19.3 Å². The predicted octanol–water partition coefficient (Wildman–Crippen LogP) is 0.503. The first-order valence-electron chi connectivity index (χ1n) is 4.62. The van der Waals surface area contributed by atoms with Crippen molar-refractivity contribution in [3.63, 3.8) is 0 Å². The van der Waals surface area contributed by atoms with E-state index in [2.05, 4.69) is 6.92 Å². The zero-order chi connectivity index (χ0) is 11.0. The SMILES string of the molecule is CCCCCSC(CC(=O)[O-])C(=O)O. The molecule has 0 aromatic carbocycles. The topological polar surface area (TPSA) is 77.4 Å². The van der Waals surface area contributed by atoms with Gasteiger partial charge in [-0.2, -0.15) is 0 Å². The van der Waals surface area contributed by atoms with Crippen LogP contribution in [0.5, 0.6) is 0 Å². The third kappa shape index (κ3) is 6.77. The van der Waals surface area contributed by atoms with Crippen LogP contribution in [0.1, 0.15) is 32.6 Å². The maximum absolute atomic E-state index is 10.6. The van der Waals surface area contributed by atoms with Crippen molar-refractivity contribution in [1.29, 1.82) is 0 Å². The fraction of sp³-hybridized carbons (Fsp3) is 0.778. The molecular formula is C9H15O4S-. The Kier molecular flexibility index (Phi) is 7.28. The summed E-state index contributed by atoms with van der Waals surface area (Å²) >= 11 is 1.18. The van der Waals surface area contributed by atoms with E-state index >= 15 is 0 Å². The lowest BCUT2D eigenvalue weighted by Gasteiger charge is -2.11. The number of carbonyl (C=O) groups is 2. The largest absolute Gasteiger partial charge is 0.550 e. The Hall–Kier alpha value is -0.710. The van der Waals surface area contributed by atoms with Crippen molar-refractivity contribution < 1.29 is 19.8 Å². The first-order valence-corrected chi connectivity index (χ1v) is 5.67. The van der Waals surface area contributed by atoms with Crippen LogP contribution in [0, 0.1) is 0 Å². The molecule has 0 aliphatic heterocycles. The van der Waals surface area contributed by atoms with Gasteiger partial charge in [-0.3, -0.25) is 4.79 Å². The van der Waals surface area contributed by atoms with Crippen molar-refractivity contribution in [2.45, 2.75) is 37.9 Å². The summed E-state index contributed by atoms with van der Waals surface area (Å²) in [5.74, 6) is -1.69. The van der Waals surface area contributed by atoms with Crippen molar-refractivity contribution in [2.24, 2.45) is 0 Å². The van der Waals surface area contributed by atoms with Gasteiger partial charge < -0.3 is 15.0 Å². The predicted molar refractivity (Wildman–Crippen MR) is 53.0 cm³/mol. The molecule has 0 saturated carbocycles. The number of thioether (sulfide) groups is 1. The van der Waals surface area contributed by atoms with Crippen LogP contribution in [0.2, 0.25) is 0 Å². The summed E-state index contributed by atoms with van der Waals surface area (Å²) in [5.41, 5.74) is 0. The van der Waals surface area contributed by atoms with Crippen molar-refractivity contribution in [2.75, 3.05) is 5.75 Å². The summed E-state index contributed by atoms with van der Waals surface area (Å²) in [4.78, 5) is 20.8. The fourth-order valence-corrected chi connectivity index (χ4v) is 2.00. The molecule has 0 amide bonds. The van der Waals surface area contributed by atoms with Gasteiger partial charge in [-0.1, -0.05) is 19.8 Å². The number of carbonyl (C=O) groups excluding carboxylic acids is 1. The number of aliphatic carboxylic acids is 2. The highest BCUT2D eigenvalue weighted by atomic mass is 32.2. The molecule has 0 fully saturated rings. The third-order valence-corrected chi connectivity index (χ3v) is 2.99. The van der Waals surface area contributed by atoms with Gasteiger partial charge in [0.25, 0.3) is 0 Å². The van der Waals surface area contributed by atoms with Crippen molar-refractivity contribution in [3.8, 4) is 0 Å². The minimum absolute atomic E-state index is 0.411. The van der Waals surface area contributed by atoms with Gasteiger partial charge in [-0.15, -0.1) is 11.8 Å². The van der Waals surface area contributed by atoms with E-state index in [1.165, 1.54) is 11.8 Å². The Morgan fingerprint density at radius 3 is 2.50 bits per heavy atom. The van der Waals surface area contributed by atoms with Crippen LogP contribution in [-0.4, -0.2) is 28.0 Å². The smallest absolute Gasteiger partial charge is 0.316 e. The van der Waals surface area contributed by atoms with E-state index in [4.69, 9.17) is 5.11 Å². The lowest BCUT2D eigenvalue weighted by molar-refractivity contribution is -0.305. The molecule has 0 heterocycles.